The highest BCUT2D eigenvalue weighted by molar-refractivity contribution is 5.76. The average molecular weight is 196 g/mol. The van der Waals surface area contributed by atoms with E-state index < -0.39 is 0 Å². The molecule has 0 N–H and O–H groups in total. The molecule has 1 aliphatic rings. The predicted octanol–water partition coefficient (Wildman–Crippen LogP) is 4.28. The third-order valence-corrected chi connectivity index (χ3v) is 2.64. The Morgan fingerprint density at radius 2 is 1.73 bits per heavy atom. The molecule has 0 saturated carbocycles. The van der Waals surface area contributed by atoms with Gasteiger partial charge in [-0.1, -0.05) is 59.7 Å². The Balaban J connectivity index is 2.38. The van der Waals surface area contributed by atoms with Crippen LogP contribution in [0.4, 0.5) is 0 Å². The first-order valence-electron chi connectivity index (χ1n) is 5.38. The van der Waals surface area contributed by atoms with Crippen molar-refractivity contribution in [1.29, 1.82) is 0 Å². The van der Waals surface area contributed by atoms with Crippen molar-refractivity contribution < 1.29 is 0 Å². The standard InChI is InChI=1S/C15H16/c1-12-7-9-14(10-8-12)15-6-4-3-5-13(2)11-15/h4-11H,3H2,1-2H3. The molecule has 0 nitrogen and oxygen atoms in total. The number of hydrogen-bond donors (Lipinski definition) is 0. The van der Waals surface area contributed by atoms with E-state index in [2.05, 4.69) is 62.4 Å². The molecule has 0 aliphatic heterocycles. The molecule has 2 rings (SSSR count). The second-order valence-corrected chi connectivity index (χ2v) is 4.05. The van der Waals surface area contributed by atoms with Crippen LogP contribution in [0, 0.1) is 6.92 Å². The topological polar surface area (TPSA) is 0 Å². The van der Waals surface area contributed by atoms with Gasteiger partial charge in [-0.25, -0.2) is 0 Å². The van der Waals surface area contributed by atoms with Gasteiger partial charge in [-0.2, -0.15) is 0 Å². The molecule has 0 heteroatoms. The molecule has 1 aromatic carbocycles. The SMILES string of the molecule is CC1=CCC=CC(c2ccc(C)cc2)=C1. The highest BCUT2D eigenvalue weighted by atomic mass is 14.0. The first-order chi connectivity index (χ1) is 7.25. The van der Waals surface area contributed by atoms with Gasteiger partial charge < -0.3 is 0 Å². The van der Waals surface area contributed by atoms with Crippen LogP contribution in [0.3, 0.4) is 0 Å². The van der Waals surface area contributed by atoms with Crippen molar-refractivity contribution in [2.45, 2.75) is 20.3 Å². The maximum absolute atomic E-state index is 2.25. The van der Waals surface area contributed by atoms with Crippen molar-refractivity contribution in [2.75, 3.05) is 0 Å². The summed E-state index contributed by atoms with van der Waals surface area (Å²) in [4.78, 5) is 0. The fourth-order valence-electron chi connectivity index (χ4n) is 1.73. The molecule has 0 bridgehead atoms. The average Bonchev–Trinajstić information content (AvgIpc) is 2.44. The van der Waals surface area contributed by atoms with Crippen molar-refractivity contribution in [3.05, 3.63) is 65.3 Å². The van der Waals surface area contributed by atoms with E-state index in [4.69, 9.17) is 0 Å². The summed E-state index contributed by atoms with van der Waals surface area (Å²) in [6.45, 7) is 4.27. The normalized spacial score (nSPS) is 15.6. The lowest BCUT2D eigenvalue weighted by Crippen LogP contribution is -1.81. The first kappa shape index (κ1) is 9.97. The summed E-state index contributed by atoms with van der Waals surface area (Å²) in [5.74, 6) is 0. The van der Waals surface area contributed by atoms with Gasteiger partial charge in [-0.05, 0) is 31.4 Å². The zero-order valence-corrected chi connectivity index (χ0v) is 9.33. The maximum Gasteiger partial charge on any atom is -0.0160 e. The summed E-state index contributed by atoms with van der Waals surface area (Å²) >= 11 is 0. The highest BCUT2D eigenvalue weighted by Gasteiger charge is 1.99. The van der Waals surface area contributed by atoms with Crippen LogP contribution in [0.2, 0.25) is 0 Å². The van der Waals surface area contributed by atoms with Crippen LogP contribution in [0.15, 0.2) is 54.1 Å². The van der Waals surface area contributed by atoms with E-state index in [9.17, 15) is 0 Å². The third-order valence-electron chi connectivity index (χ3n) is 2.64. The van der Waals surface area contributed by atoms with E-state index >= 15 is 0 Å². The first-order valence-corrected chi connectivity index (χ1v) is 5.38. The number of hydrogen-bond acceptors (Lipinski definition) is 0. The van der Waals surface area contributed by atoms with Crippen LogP contribution in [-0.2, 0) is 0 Å². The van der Waals surface area contributed by atoms with Gasteiger partial charge >= 0.3 is 0 Å². The van der Waals surface area contributed by atoms with E-state index in [1.54, 1.807) is 0 Å². The Kier molecular flexibility index (Phi) is 2.86. The van der Waals surface area contributed by atoms with Crippen molar-refractivity contribution in [1.82, 2.24) is 0 Å². The molecule has 0 heterocycles. The molecule has 0 saturated heterocycles. The molecular weight excluding hydrogens is 180 g/mol. The molecule has 76 valence electrons. The summed E-state index contributed by atoms with van der Waals surface area (Å²) < 4.78 is 0. The number of benzene rings is 1. The van der Waals surface area contributed by atoms with Gasteiger partial charge in [0.15, 0.2) is 0 Å². The van der Waals surface area contributed by atoms with Crippen LogP contribution >= 0.6 is 0 Å². The summed E-state index contributed by atoms with van der Waals surface area (Å²) in [5, 5.41) is 0. The summed E-state index contributed by atoms with van der Waals surface area (Å²) in [6.07, 6.45) is 9.95. The Bertz CT molecular complexity index is 428. The van der Waals surface area contributed by atoms with E-state index in [1.807, 2.05) is 0 Å². The monoisotopic (exact) mass is 196 g/mol. The van der Waals surface area contributed by atoms with Crippen molar-refractivity contribution in [3.63, 3.8) is 0 Å². The van der Waals surface area contributed by atoms with Gasteiger partial charge in [0.1, 0.15) is 0 Å². The minimum absolute atomic E-state index is 1.04. The van der Waals surface area contributed by atoms with Crippen molar-refractivity contribution in [3.8, 4) is 0 Å². The van der Waals surface area contributed by atoms with Crippen LogP contribution in [0.5, 0.6) is 0 Å². The molecular formula is C15H16. The summed E-state index contributed by atoms with van der Waals surface area (Å²) in [5.41, 5.74) is 5.26. The van der Waals surface area contributed by atoms with E-state index in [1.165, 1.54) is 22.3 Å². The molecule has 0 unspecified atom stereocenters. The lowest BCUT2D eigenvalue weighted by molar-refractivity contribution is 1.35. The molecule has 0 spiro atoms. The van der Waals surface area contributed by atoms with Crippen LogP contribution in [0.1, 0.15) is 24.5 Å². The van der Waals surface area contributed by atoms with Crippen LogP contribution < -0.4 is 0 Å². The molecule has 15 heavy (non-hydrogen) atoms. The van der Waals surface area contributed by atoms with Gasteiger partial charge in [0.25, 0.3) is 0 Å². The third kappa shape index (κ3) is 2.47. The number of aryl methyl sites for hydroxylation is 1. The fraction of sp³-hybridized carbons (Fsp3) is 0.200. The predicted molar refractivity (Wildman–Crippen MR) is 66.7 cm³/mol. The Morgan fingerprint density at radius 3 is 2.47 bits per heavy atom. The van der Waals surface area contributed by atoms with Gasteiger partial charge in [0.05, 0.1) is 0 Å². The molecule has 0 aromatic heterocycles. The van der Waals surface area contributed by atoms with E-state index in [-0.39, 0.29) is 0 Å². The van der Waals surface area contributed by atoms with Crippen molar-refractivity contribution >= 4 is 5.57 Å². The summed E-state index contributed by atoms with van der Waals surface area (Å²) in [7, 11) is 0. The highest BCUT2D eigenvalue weighted by Crippen LogP contribution is 2.21. The zero-order chi connectivity index (χ0) is 10.7. The number of allylic oxidation sites excluding steroid dienone is 6. The minimum atomic E-state index is 1.04. The van der Waals surface area contributed by atoms with Crippen molar-refractivity contribution in [2.24, 2.45) is 0 Å². The van der Waals surface area contributed by atoms with E-state index in [0.717, 1.165) is 6.42 Å². The summed E-state index contributed by atoms with van der Waals surface area (Å²) in [6, 6.07) is 8.69. The van der Waals surface area contributed by atoms with Crippen LogP contribution in [0.25, 0.3) is 5.57 Å². The Morgan fingerprint density at radius 1 is 1.00 bits per heavy atom. The van der Waals surface area contributed by atoms with Gasteiger partial charge in [-0.3, -0.25) is 0 Å². The second-order valence-electron chi connectivity index (χ2n) is 4.05. The molecule has 0 fully saturated rings. The zero-order valence-electron chi connectivity index (χ0n) is 9.33. The smallest absolute Gasteiger partial charge is 0.0160 e. The molecule has 1 aliphatic carbocycles. The lowest BCUT2D eigenvalue weighted by atomic mass is 10.0. The molecule has 1 aromatic rings. The van der Waals surface area contributed by atoms with E-state index in [0.29, 0.717) is 0 Å². The maximum atomic E-state index is 2.25. The van der Waals surface area contributed by atoms with Crippen LogP contribution in [-0.4, -0.2) is 0 Å². The van der Waals surface area contributed by atoms with Gasteiger partial charge in [0, 0.05) is 0 Å². The second kappa shape index (κ2) is 4.31. The molecule has 0 radical (unpaired) electrons. The van der Waals surface area contributed by atoms with Gasteiger partial charge in [0.2, 0.25) is 0 Å². The minimum Gasteiger partial charge on any atom is -0.0801 e. The lowest BCUT2D eigenvalue weighted by Gasteiger charge is -2.02. The molecule has 0 amide bonds. The largest absolute Gasteiger partial charge is 0.0801 e. The Labute approximate surface area is 91.6 Å². The van der Waals surface area contributed by atoms with Gasteiger partial charge in [-0.15, -0.1) is 0 Å². The fourth-order valence-corrected chi connectivity index (χ4v) is 1.73. The Hall–Kier alpha value is -1.56. The quantitative estimate of drug-likeness (QED) is 0.628. The number of rotatable bonds is 1. The molecule has 0 atom stereocenters.